The summed E-state index contributed by atoms with van der Waals surface area (Å²) in [5, 5.41) is 12.7. The minimum atomic E-state index is -4.38. The molecule has 7 heteroatoms. The molecule has 0 spiro atoms. The van der Waals surface area contributed by atoms with Crippen molar-refractivity contribution >= 4 is 0 Å². The van der Waals surface area contributed by atoms with Crippen molar-refractivity contribution in [3.8, 4) is 11.5 Å². The molecule has 1 aliphatic heterocycles. The molecule has 1 aliphatic rings. The number of phenols is 1. The van der Waals surface area contributed by atoms with E-state index in [-0.39, 0.29) is 23.7 Å². The fourth-order valence-electron chi connectivity index (χ4n) is 2.52. The van der Waals surface area contributed by atoms with Gasteiger partial charge in [0, 0.05) is 26.2 Å². The average Bonchev–Trinajstić information content (AvgIpc) is 2.42. The van der Waals surface area contributed by atoms with E-state index in [1.807, 2.05) is 0 Å². The van der Waals surface area contributed by atoms with Crippen LogP contribution in [-0.4, -0.2) is 49.0 Å². The Balaban J connectivity index is 2.34. The predicted molar refractivity (Wildman–Crippen MR) is 72.5 cm³/mol. The van der Waals surface area contributed by atoms with E-state index < -0.39 is 12.2 Å². The number of phenolic OH excluding ortho intramolecular Hbond substituents is 1. The summed E-state index contributed by atoms with van der Waals surface area (Å²) in [5.41, 5.74) is 0.0886. The van der Waals surface area contributed by atoms with E-state index in [2.05, 4.69) is 5.32 Å². The molecule has 0 aromatic heterocycles. The van der Waals surface area contributed by atoms with Gasteiger partial charge in [0.1, 0.15) is 6.04 Å². The third kappa shape index (κ3) is 3.79. The second-order valence-corrected chi connectivity index (χ2v) is 4.89. The highest BCUT2D eigenvalue weighted by atomic mass is 19.4. The summed E-state index contributed by atoms with van der Waals surface area (Å²) in [6, 6.07) is 2.15. The first kappa shape index (κ1) is 15.9. The maximum Gasteiger partial charge on any atom is 0.408 e. The Morgan fingerprint density at radius 1 is 1.33 bits per heavy atom. The minimum absolute atomic E-state index is 0.0828. The van der Waals surface area contributed by atoms with Gasteiger partial charge in [0.05, 0.1) is 6.61 Å². The summed E-state index contributed by atoms with van der Waals surface area (Å²) >= 11 is 0. The Bertz CT molecular complexity index is 474. The molecule has 0 radical (unpaired) electrons. The van der Waals surface area contributed by atoms with Gasteiger partial charge in [-0.05, 0) is 24.6 Å². The molecule has 1 saturated heterocycles. The number of rotatable bonds is 4. The smallest absolute Gasteiger partial charge is 0.408 e. The second kappa shape index (κ2) is 6.53. The molecule has 1 atom stereocenters. The van der Waals surface area contributed by atoms with Gasteiger partial charge in [-0.15, -0.1) is 0 Å². The highest BCUT2D eigenvalue weighted by Gasteiger charge is 2.45. The van der Waals surface area contributed by atoms with Crippen molar-refractivity contribution in [2.45, 2.75) is 19.1 Å². The number of ether oxygens (including phenoxy) is 1. The maximum absolute atomic E-state index is 13.4. The Morgan fingerprint density at radius 3 is 2.57 bits per heavy atom. The quantitative estimate of drug-likeness (QED) is 0.896. The molecule has 0 unspecified atom stereocenters. The first-order chi connectivity index (χ1) is 9.93. The predicted octanol–water partition coefficient (Wildman–Crippen LogP) is 2.30. The molecule has 1 heterocycles. The average molecular weight is 304 g/mol. The van der Waals surface area contributed by atoms with E-state index in [1.165, 1.54) is 23.1 Å². The van der Waals surface area contributed by atoms with Crippen LogP contribution in [0.5, 0.6) is 11.5 Å². The summed E-state index contributed by atoms with van der Waals surface area (Å²) in [5.74, 6) is -0.0683. The number of nitrogens with one attached hydrogen (secondary N) is 1. The lowest BCUT2D eigenvalue weighted by atomic mass is 10.0. The molecule has 1 aromatic rings. The topological polar surface area (TPSA) is 44.7 Å². The normalized spacial score (nSPS) is 18.5. The van der Waals surface area contributed by atoms with Crippen molar-refractivity contribution in [2.24, 2.45) is 0 Å². The van der Waals surface area contributed by atoms with Crippen molar-refractivity contribution in [1.82, 2.24) is 10.2 Å². The molecule has 4 nitrogen and oxygen atoms in total. The number of hydrogen-bond acceptors (Lipinski definition) is 4. The number of benzene rings is 1. The van der Waals surface area contributed by atoms with Gasteiger partial charge in [-0.3, -0.25) is 4.90 Å². The molecular weight excluding hydrogens is 285 g/mol. The number of piperazine rings is 1. The first-order valence-corrected chi connectivity index (χ1v) is 6.90. The van der Waals surface area contributed by atoms with Crippen LogP contribution >= 0.6 is 0 Å². The minimum Gasteiger partial charge on any atom is -0.504 e. The highest BCUT2D eigenvalue weighted by molar-refractivity contribution is 5.43. The van der Waals surface area contributed by atoms with Crippen LogP contribution in [0.3, 0.4) is 0 Å². The number of aromatic hydroxyl groups is 1. The zero-order valence-corrected chi connectivity index (χ0v) is 11.8. The van der Waals surface area contributed by atoms with E-state index in [9.17, 15) is 18.3 Å². The highest BCUT2D eigenvalue weighted by Crippen LogP contribution is 2.40. The maximum atomic E-state index is 13.4. The molecule has 2 N–H and O–H groups in total. The standard InChI is InChI=1S/C14H19F3N2O2/c1-2-21-12-9-10(3-4-11(12)20)13(14(15,16)17)19-7-5-18-6-8-19/h3-4,9,13,18,20H,2,5-8H2,1H3/t13-/m1/s1. The van der Waals surface area contributed by atoms with Gasteiger partial charge < -0.3 is 15.2 Å². The third-order valence-electron chi connectivity index (χ3n) is 3.43. The monoisotopic (exact) mass is 304 g/mol. The summed E-state index contributed by atoms with van der Waals surface area (Å²) in [6.45, 7) is 3.71. The summed E-state index contributed by atoms with van der Waals surface area (Å²) in [7, 11) is 0. The van der Waals surface area contributed by atoms with Crippen molar-refractivity contribution in [2.75, 3.05) is 32.8 Å². The largest absolute Gasteiger partial charge is 0.504 e. The van der Waals surface area contributed by atoms with Crippen LogP contribution in [0.15, 0.2) is 18.2 Å². The van der Waals surface area contributed by atoms with Crippen LogP contribution in [-0.2, 0) is 0 Å². The van der Waals surface area contributed by atoms with E-state index in [0.29, 0.717) is 26.2 Å². The molecule has 0 bridgehead atoms. The number of hydrogen-bond donors (Lipinski definition) is 2. The van der Waals surface area contributed by atoms with E-state index in [1.54, 1.807) is 6.92 Å². The lowest BCUT2D eigenvalue weighted by Crippen LogP contribution is -2.49. The Hall–Kier alpha value is -1.47. The van der Waals surface area contributed by atoms with Crippen LogP contribution in [0.4, 0.5) is 13.2 Å². The number of alkyl halides is 3. The van der Waals surface area contributed by atoms with Crippen molar-refractivity contribution in [3.05, 3.63) is 23.8 Å². The Kier molecular flexibility index (Phi) is 4.95. The van der Waals surface area contributed by atoms with Crippen LogP contribution < -0.4 is 10.1 Å². The molecule has 0 amide bonds. The van der Waals surface area contributed by atoms with Crippen LogP contribution in [0.25, 0.3) is 0 Å². The van der Waals surface area contributed by atoms with Crippen molar-refractivity contribution in [3.63, 3.8) is 0 Å². The zero-order chi connectivity index (χ0) is 15.5. The summed E-state index contributed by atoms with van der Waals surface area (Å²) < 4.78 is 45.5. The first-order valence-electron chi connectivity index (χ1n) is 6.90. The van der Waals surface area contributed by atoms with E-state index >= 15 is 0 Å². The van der Waals surface area contributed by atoms with Gasteiger partial charge in [0.15, 0.2) is 11.5 Å². The van der Waals surface area contributed by atoms with Gasteiger partial charge in [-0.2, -0.15) is 13.2 Å². The van der Waals surface area contributed by atoms with Crippen LogP contribution in [0.2, 0.25) is 0 Å². The van der Waals surface area contributed by atoms with Gasteiger partial charge in [-0.1, -0.05) is 6.07 Å². The van der Waals surface area contributed by atoms with Crippen LogP contribution in [0.1, 0.15) is 18.5 Å². The zero-order valence-electron chi connectivity index (χ0n) is 11.8. The van der Waals surface area contributed by atoms with Crippen LogP contribution in [0, 0.1) is 0 Å². The molecular formula is C14H19F3N2O2. The fraction of sp³-hybridized carbons (Fsp3) is 0.571. The van der Waals surface area contributed by atoms with E-state index in [4.69, 9.17) is 4.74 Å². The molecule has 1 aromatic carbocycles. The SMILES string of the molecule is CCOc1cc([C@@H](N2CCNCC2)C(F)(F)F)ccc1O. The van der Waals surface area contributed by atoms with Gasteiger partial charge >= 0.3 is 6.18 Å². The van der Waals surface area contributed by atoms with Gasteiger partial charge in [0.2, 0.25) is 0 Å². The molecule has 21 heavy (non-hydrogen) atoms. The lowest BCUT2D eigenvalue weighted by molar-refractivity contribution is -0.187. The summed E-state index contributed by atoms with van der Waals surface area (Å²) in [4.78, 5) is 1.40. The number of halogens is 3. The number of nitrogens with zero attached hydrogens (tertiary/aromatic N) is 1. The van der Waals surface area contributed by atoms with E-state index in [0.717, 1.165) is 0 Å². The molecule has 118 valence electrons. The fourth-order valence-corrected chi connectivity index (χ4v) is 2.52. The Labute approximate surface area is 121 Å². The van der Waals surface area contributed by atoms with Crippen molar-refractivity contribution < 1.29 is 23.0 Å². The molecule has 0 aliphatic carbocycles. The van der Waals surface area contributed by atoms with Gasteiger partial charge in [-0.25, -0.2) is 0 Å². The Morgan fingerprint density at radius 2 is 2.00 bits per heavy atom. The third-order valence-corrected chi connectivity index (χ3v) is 3.43. The molecule has 0 saturated carbocycles. The van der Waals surface area contributed by atoms with Gasteiger partial charge in [0.25, 0.3) is 0 Å². The lowest BCUT2D eigenvalue weighted by Gasteiger charge is -2.36. The second-order valence-electron chi connectivity index (χ2n) is 4.89. The molecule has 1 fully saturated rings. The molecule has 2 rings (SSSR count). The summed E-state index contributed by atoms with van der Waals surface area (Å²) in [6.07, 6.45) is -4.38. The van der Waals surface area contributed by atoms with Crippen molar-refractivity contribution in [1.29, 1.82) is 0 Å².